The third kappa shape index (κ3) is 2.69. The van der Waals surface area contributed by atoms with Gasteiger partial charge in [-0.15, -0.1) is 0 Å². The highest BCUT2D eigenvalue weighted by atomic mass is 35.5. The van der Waals surface area contributed by atoms with E-state index in [1.54, 1.807) is 0 Å². The maximum atomic E-state index is 11.5. The second-order valence-electron chi connectivity index (χ2n) is 5.37. The molecule has 1 aliphatic rings. The van der Waals surface area contributed by atoms with E-state index in [1.807, 2.05) is 26.1 Å². The number of hydrogen-bond acceptors (Lipinski definition) is 3. The van der Waals surface area contributed by atoms with Gasteiger partial charge in [0.25, 0.3) is 0 Å². The number of para-hydroxylation sites is 1. The van der Waals surface area contributed by atoms with Gasteiger partial charge >= 0.3 is 0 Å². The van der Waals surface area contributed by atoms with E-state index in [4.69, 9.17) is 17.3 Å². The fourth-order valence-electron chi connectivity index (χ4n) is 2.60. The maximum Gasteiger partial charge on any atom is 0.225 e. The van der Waals surface area contributed by atoms with Crippen molar-refractivity contribution in [3.63, 3.8) is 0 Å². The molecule has 0 aromatic heterocycles. The van der Waals surface area contributed by atoms with Crippen LogP contribution in [0.15, 0.2) is 18.2 Å². The third-order valence-corrected chi connectivity index (χ3v) is 4.13. The lowest BCUT2D eigenvalue weighted by molar-refractivity contribution is -0.125. The van der Waals surface area contributed by atoms with Crippen LogP contribution in [0.1, 0.15) is 18.9 Å². The predicted molar refractivity (Wildman–Crippen MR) is 78.3 cm³/mol. The van der Waals surface area contributed by atoms with Gasteiger partial charge in [-0.1, -0.05) is 23.7 Å². The molecule has 1 unspecified atom stereocenters. The number of carbonyl (C=O) groups is 1. The quantitative estimate of drug-likeness (QED) is 0.884. The molecule has 1 aromatic carbocycles. The molecule has 0 radical (unpaired) electrons. The van der Waals surface area contributed by atoms with Crippen LogP contribution in [0.4, 0.5) is 5.69 Å². The van der Waals surface area contributed by atoms with Gasteiger partial charge in [-0.3, -0.25) is 4.79 Å². The average Bonchev–Trinajstić information content (AvgIpc) is 2.74. The van der Waals surface area contributed by atoms with Gasteiger partial charge in [-0.2, -0.15) is 0 Å². The van der Waals surface area contributed by atoms with E-state index in [9.17, 15) is 4.79 Å². The van der Waals surface area contributed by atoms with E-state index in [0.29, 0.717) is 6.54 Å². The number of benzene rings is 1. The van der Waals surface area contributed by atoms with Crippen molar-refractivity contribution in [1.82, 2.24) is 5.32 Å². The summed E-state index contributed by atoms with van der Waals surface area (Å²) < 4.78 is 0. The number of carbonyl (C=O) groups excluding carboxylic acids is 1. The van der Waals surface area contributed by atoms with E-state index in [0.717, 1.165) is 35.8 Å². The Hall–Kier alpha value is -1.26. The lowest BCUT2D eigenvalue weighted by atomic mass is 9.89. The minimum atomic E-state index is -0.462. The Labute approximate surface area is 118 Å². The first kappa shape index (κ1) is 14.2. The molecule has 1 heterocycles. The number of halogens is 1. The van der Waals surface area contributed by atoms with E-state index in [2.05, 4.69) is 16.3 Å². The number of primary amides is 1. The number of nitrogens with two attached hydrogens (primary N) is 1. The van der Waals surface area contributed by atoms with Gasteiger partial charge in [0, 0.05) is 19.6 Å². The van der Waals surface area contributed by atoms with Crippen LogP contribution in [0.3, 0.4) is 0 Å². The van der Waals surface area contributed by atoms with Crippen LogP contribution in [-0.2, 0) is 11.3 Å². The molecule has 0 aliphatic carbocycles. The number of hydrogen-bond donors (Lipinski definition) is 2. The Balaban J connectivity index is 2.31. The van der Waals surface area contributed by atoms with Crippen LogP contribution in [-0.4, -0.2) is 26.0 Å². The van der Waals surface area contributed by atoms with Crippen molar-refractivity contribution in [2.45, 2.75) is 19.9 Å². The highest BCUT2D eigenvalue weighted by molar-refractivity contribution is 6.33. The number of rotatable bonds is 4. The summed E-state index contributed by atoms with van der Waals surface area (Å²) in [4.78, 5) is 13.7. The van der Waals surface area contributed by atoms with Crippen molar-refractivity contribution in [2.75, 3.05) is 25.0 Å². The SMILES string of the molecule is CNCc1cccc(Cl)c1N1CCC(C)(C(N)=O)C1. The molecule has 0 saturated carbocycles. The van der Waals surface area contributed by atoms with Crippen LogP contribution < -0.4 is 16.0 Å². The minimum absolute atomic E-state index is 0.239. The Kier molecular flexibility index (Phi) is 4.02. The zero-order valence-electron chi connectivity index (χ0n) is 11.4. The smallest absolute Gasteiger partial charge is 0.225 e. The molecule has 104 valence electrons. The molecule has 5 heteroatoms. The van der Waals surface area contributed by atoms with Gasteiger partial charge in [0.2, 0.25) is 5.91 Å². The summed E-state index contributed by atoms with van der Waals surface area (Å²) in [5, 5.41) is 3.87. The van der Waals surface area contributed by atoms with Crippen LogP contribution in [0.25, 0.3) is 0 Å². The molecule has 4 nitrogen and oxygen atoms in total. The minimum Gasteiger partial charge on any atom is -0.369 e. The van der Waals surface area contributed by atoms with E-state index >= 15 is 0 Å². The Morgan fingerprint density at radius 1 is 1.58 bits per heavy atom. The molecular weight excluding hydrogens is 262 g/mol. The Morgan fingerprint density at radius 2 is 2.32 bits per heavy atom. The van der Waals surface area contributed by atoms with Gasteiger partial charge in [0.15, 0.2) is 0 Å². The summed E-state index contributed by atoms with van der Waals surface area (Å²) in [7, 11) is 1.90. The number of nitrogens with zero attached hydrogens (tertiary/aromatic N) is 1. The van der Waals surface area contributed by atoms with Crippen molar-refractivity contribution >= 4 is 23.2 Å². The third-order valence-electron chi connectivity index (χ3n) is 3.82. The van der Waals surface area contributed by atoms with Gasteiger partial charge in [-0.25, -0.2) is 0 Å². The molecule has 0 spiro atoms. The first-order valence-electron chi connectivity index (χ1n) is 6.45. The molecule has 3 N–H and O–H groups in total. The average molecular weight is 282 g/mol. The van der Waals surface area contributed by atoms with Gasteiger partial charge in [0.05, 0.1) is 16.1 Å². The van der Waals surface area contributed by atoms with E-state index < -0.39 is 5.41 Å². The first-order chi connectivity index (χ1) is 8.98. The maximum absolute atomic E-state index is 11.5. The number of amides is 1. The molecule has 1 fully saturated rings. The van der Waals surface area contributed by atoms with Crippen LogP contribution in [0.2, 0.25) is 5.02 Å². The monoisotopic (exact) mass is 281 g/mol. The largest absolute Gasteiger partial charge is 0.369 e. The Morgan fingerprint density at radius 3 is 2.89 bits per heavy atom. The van der Waals surface area contributed by atoms with E-state index in [1.165, 1.54) is 0 Å². The van der Waals surface area contributed by atoms with Gasteiger partial charge in [0.1, 0.15) is 0 Å². The zero-order chi connectivity index (χ0) is 14.0. The van der Waals surface area contributed by atoms with Crippen LogP contribution >= 0.6 is 11.6 Å². The molecule has 2 rings (SSSR count). The van der Waals surface area contributed by atoms with Crippen molar-refractivity contribution in [2.24, 2.45) is 11.1 Å². The summed E-state index contributed by atoms with van der Waals surface area (Å²) in [6.07, 6.45) is 0.770. The molecule has 1 saturated heterocycles. The van der Waals surface area contributed by atoms with Crippen molar-refractivity contribution in [3.8, 4) is 0 Å². The molecule has 1 aromatic rings. The molecule has 0 bridgehead atoms. The van der Waals surface area contributed by atoms with Crippen molar-refractivity contribution in [1.29, 1.82) is 0 Å². The summed E-state index contributed by atoms with van der Waals surface area (Å²) in [6, 6.07) is 5.88. The second kappa shape index (κ2) is 5.39. The fraction of sp³-hybridized carbons (Fsp3) is 0.500. The Bertz CT molecular complexity index is 492. The molecular formula is C14H20ClN3O. The summed E-state index contributed by atoms with van der Waals surface area (Å²) >= 11 is 6.33. The zero-order valence-corrected chi connectivity index (χ0v) is 12.1. The van der Waals surface area contributed by atoms with Crippen LogP contribution in [0.5, 0.6) is 0 Å². The van der Waals surface area contributed by atoms with Crippen molar-refractivity contribution < 1.29 is 4.79 Å². The van der Waals surface area contributed by atoms with Crippen LogP contribution in [0, 0.1) is 5.41 Å². The lowest BCUT2D eigenvalue weighted by Crippen LogP contribution is -2.37. The standard InChI is InChI=1S/C14H20ClN3O/c1-14(13(16)19)6-7-18(9-14)12-10(8-17-2)4-3-5-11(12)15/h3-5,17H,6-9H2,1-2H3,(H2,16,19). The summed E-state index contributed by atoms with van der Waals surface area (Å²) in [5.74, 6) is -0.239. The highest BCUT2D eigenvalue weighted by Gasteiger charge is 2.39. The highest BCUT2D eigenvalue weighted by Crippen LogP contribution is 2.38. The van der Waals surface area contributed by atoms with Crippen molar-refractivity contribution in [3.05, 3.63) is 28.8 Å². The second-order valence-corrected chi connectivity index (χ2v) is 5.78. The number of nitrogens with one attached hydrogen (secondary N) is 1. The van der Waals surface area contributed by atoms with E-state index in [-0.39, 0.29) is 5.91 Å². The molecule has 19 heavy (non-hydrogen) atoms. The fourth-order valence-corrected chi connectivity index (χ4v) is 2.91. The first-order valence-corrected chi connectivity index (χ1v) is 6.82. The van der Waals surface area contributed by atoms with Gasteiger partial charge < -0.3 is 16.0 Å². The summed E-state index contributed by atoms with van der Waals surface area (Å²) in [6.45, 7) is 4.10. The summed E-state index contributed by atoms with van der Waals surface area (Å²) in [5.41, 5.74) is 7.19. The lowest BCUT2D eigenvalue weighted by Gasteiger charge is -2.25. The molecule has 1 aliphatic heterocycles. The predicted octanol–water partition coefficient (Wildman–Crippen LogP) is 1.76. The van der Waals surface area contributed by atoms with Gasteiger partial charge in [-0.05, 0) is 32.0 Å². The molecule has 1 atom stereocenters. The number of anilines is 1. The molecule has 1 amide bonds. The topological polar surface area (TPSA) is 58.4 Å². The normalized spacial score (nSPS) is 22.8.